The molecule has 6 nitrogen and oxygen atoms in total. The van der Waals surface area contributed by atoms with Gasteiger partial charge in [0.05, 0.1) is 13.2 Å². The molecule has 2 rings (SSSR count). The maximum atomic E-state index is 12.1. The lowest BCUT2D eigenvalue weighted by Gasteiger charge is -2.16. The average Bonchev–Trinajstić information content (AvgIpc) is 2.86. The monoisotopic (exact) mass is 372 g/mol. The Morgan fingerprint density at radius 1 is 1.19 bits per heavy atom. The number of carbonyl (C=O) groups is 3. The lowest BCUT2D eigenvalue weighted by molar-refractivity contribution is -0.174. The van der Waals surface area contributed by atoms with Crippen molar-refractivity contribution in [2.45, 2.75) is 38.5 Å². The zero-order chi connectivity index (χ0) is 19.3. The van der Waals surface area contributed by atoms with Gasteiger partial charge in [0.2, 0.25) is 11.8 Å². The molecular weight excluding hydrogens is 353 g/mol. The summed E-state index contributed by atoms with van der Waals surface area (Å²) in [7, 11) is 0. The summed E-state index contributed by atoms with van der Waals surface area (Å²) >= 11 is 0. The van der Waals surface area contributed by atoms with E-state index in [2.05, 4.69) is 10.1 Å². The topological polar surface area (TPSA) is 75.7 Å². The van der Waals surface area contributed by atoms with Gasteiger partial charge in [-0.15, -0.1) is 0 Å². The van der Waals surface area contributed by atoms with Gasteiger partial charge in [-0.3, -0.25) is 19.3 Å². The van der Waals surface area contributed by atoms with E-state index in [0.29, 0.717) is 11.1 Å². The number of rotatable bonds is 7. The Kier molecular flexibility index (Phi) is 6.36. The minimum atomic E-state index is -4.41. The predicted molar refractivity (Wildman–Crippen MR) is 85.0 cm³/mol. The van der Waals surface area contributed by atoms with E-state index in [1.54, 1.807) is 12.1 Å². The Morgan fingerprint density at radius 2 is 1.77 bits per heavy atom. The van der Waals surface area contributed by atoms with Crippen molar-refractivity contribution in [1.29, 1.82) is 0 Å². The van der Waals surface area contributed by atoms with Gasteiger partial charge in [-0.1, -0.05) is 12.1 Å². The van der Waals surface area contributed by atoms with Crippen molar-refractivity contribution in [2.75, 3.05) is 13.2 Å². The fourth-order valence-corrected chi connectivity index (χ4v) is 2.44. The number of hydrogen-bond donors (Lipinski definition) is 1. The van der Waals surface area contributed by atoms with Crippen LogP contribution in [0.25, 0.3) is 0 Å². The van der Waals surface area contributed by atoms with Gasteiger partial charge < -0.3 is 10.1 Å². The molecule has 0 bridgehead atoms. The first-order chi connectivity index (χ1) is 12.2. The fourth-order valence-electron chi connectivity index (χ4n) is 2.44. The molecule has 1 aliphatic rings. The van der Waals surface area contributed by atoms with Crippen LogP contribution in [-0.4, -0.2) is 48.1 Å². The van der Waals surface area contributed by atoms with Crippen LogP contribution in [0.2, 0.25) is 0 Å². The summed E-state index contributed by atoms with van der Waals surface area (Å²) in [4.78, 5) is 36.4. The second-order valence-electron chi connectivity index (χ2n) is 6.08. The second kappa shape index (κ2) is 8.31. The van der Waals surface area contributed by atoms with Gasteiger partial charge in [0.1, 0.15) is 6.61 Å². The molecule has 1 heterocycles. The van der Waals surface area contributed by atoms with Crippen LogP contribution in [0.5, 0.6) is 0 Å². The number of amides is 3. The zero-order valence-corrected chi connectivity index (χ0v) is 14.1. The number of nitrogens with zero attached hydrogens (tertiary/aromatic N) is 1. The van der Waals surface area contributed by atoms with Gasteiger partial charge in [-0.2, -0.15) is 13.2 Å². The molecular formula is C17H19F3N2O4. The Balaban J connectivity index is 1.84. The Labute approximate surface area is 148 Å². The Morgan fingerprint density at radius 3 is 2.31 bits per heavy atom. The number of likely N-dealkylation sites (tertiary alicyclic amines) is 1. The first kappa shape index (κ1) is 19.9. The molecule has 1 aromatic rings. The SMILES string of the molecule is CC(COCC(F)(F)F)NC(=O)c1ccc(CN2C(=O)CCC2=O)cc1. The smallest absolute Gasteiger partial charge is 0.370 e. The number of imide groups is 1. The van der Waals surface area contributed by atoms with E-state index >= 15 is 0 Å². The number of alkyl halides is 3. The van der Waals surface area contributed by atoms with E-state index in [-0.39, 0.29) is 37.8 Å². The molecule has 1 N–H and O–H groups in total. The van der Waals surface area contributed by atoms with Crippen molar-refractivity contribution in [1.82, 2.24) is 10.2 Å². The second-order valence-corrected chi connectivity index (χ2v) is 6.08. The Hall–Kier alpha value is -2.42. The summed E-state index contributed by atoms with van der Waals surface area (Å²) in [5.41, 5.74) is 1.02. The van der Waals surface area contributed by atoms with Crippen LogP contribution in [0.1, 0.15) is 35.7 Å². The third-order valence-corrected chi connectivity index (χ3v) is 3.72. The van der Waals surface area contributed by atoms with Gasteiger partial charge in [0.15, 0.2) is 0 Å². The van der Waals surface area contributed by atoms with E-state index in [0.717, 1.165) is 0 Å². The highest BCUT2D eigenvalue weighted by Gasteiger charge is 2.29. The van der Waals surface area contributed by atoms with Crippen molar-refractivity contribution in [3.05, 3.63) is 35.4 Å². The molecule has 0 aromatic heterocycles. The van der Waals surface area contributed by atoms with Crippen molar-refractivity contribution in [3.8, 4) is 0 Å². The molecule has 9 heteroatoms. The minimum Gasteiger partial charge on any atom is -0.370 e. The highest BCUT2D eigenvalue weighted by molar-refractivity contribution is 6.01. The largest absolute Gasteiger partial charge is 0.411 e. The van der Waals surface area contributed by atoms with Crippen LogP contribution in [0.15, 0.2) is 24.3 Å². The van der Waals surface area contributed by atoms with Gasteiger partial charge in [-0.05, 0) is 24.6 Å². The van der Waals surface area contributed by atoms with E-state index in [4.69, 9.17) is 0 Å². The molecule has 1 saturated heterocycles. The Bertz CT molecular complexity index is 658. The van der Waals surface area contributed by atoms with E-state index < -0.39 is 24.7 Å². The zero-order valence-electron chi connectivity index (χ0n) is 14.1. The van der Waals surface area contributed by atoms with Crippen molar-refractivity contribution in [2.24, 2.45) is 0 Å². The van der Waals surface area contributed by atoms with E-state index in [1.807, 2.05) is 0 Å². The van der Waals surface area contributed by atoms with Crippen molar-refractivity contribution >= 4 is 17.7 Å². The first-order valence-electron chi connectivity index (χ1n) is 8.03. The number of carbonyl (C=O) groups excluding carboxylic acids is 3. The molecule has 0 spiro atoms. The highest BCUT2D eigenvalue weighted by atomic mass is 19.4. The summed E-state index contributed by atoms with van der Waals surface area (Å²) in [5.74, 6) is -0.887. The van der Waals surface area contributed by atoms with Crippen LogP contribution >= 0.6 is 0 Å². The van der Waals surface area contributed by atoms with Crippen LogP contribution in [0, 0.1) is 0 Å². The lowest BCUT2D eigenvalue weighted by atomic mass is 10.1. The molecule has 3 amide bonds. The molecule has 1 aromatic carbocycles. The number of halogens is 3. The van der Waals surface area contributed by atoms with Gasteiger partial charge in [0, 0.05) is 24.4 Å². The minimum absolute atomic E-state index is 0.154. The molecule has 1 unspecified atom stereocenters. The lowest BCUT2D eigenvalue weighted by Crippen LogP contribution is -2.36. The molecule has 0 radical (unpaired) electrons. The summed E-state index contributed by atoms with van der Waals surface area (Å²) < 4.78 is 40.5. The van der Waals surface area contributed by atoms with Crippen LogP contribution < -0.4 is 5.32 Å². The normalized spacial score (nSPS) is 16.1. The van der Waals surface area contributed by atoms with Crippen LogP contribution in [0.3, 0.4) is 0 Å². The quantitative estimate of drug-likeness (QED) is 0.743. The standard InChI is InChI=1S/C17H19F3N2O4/c1-11(9-26-10-17(18,19)20)21-16(25)13-4-2-12(3-5-13)8-22-14(23)6-7-15(22)24/h2-5,11H,6-10H2,1H3,(H,21,25). The number of ether oxygens (including phenoxy) is 1. The molecule has 26 heavy (non-hydrogen) atoms. The van der Waals surface area contributed by atoms with Gasteiger partial charge >= 0.3 is 6.18 Å². The summed E-state index contributed by atoms with van der Waals surface area (Å²) in [5, 5.41) is 2.54. The van der Waals surface area contributed by atoms with Crippen molar-refractivity contribution < 1.29 is 32.3 Å². The number of hydrogen-bond acceptors (Lipinski definition) is 4. The third-order valence-electron chi connectivity index (χ3n) is 3.72. The highest BCUT2D eigenvalue weighted by Crippen LogP contribution is 2.16. The molecule has 0 saturated carbocycles. The number of benzene rings is 1. The first-order valence-corrected chi connectivity index (χ1v) is 8.03. The van der Waals surface area contributed by atoms with E-state index in [9.17, 15) is 27.6 Å². The fraction of sp³-hybridized carbons (Fsp3) is 0.471. The molecule has 1 fully saturated rings. The molecule has 1 atom stereocenters. The summed E-state index contributed by atoms with van der Waals surface area (Å²) in [6, 6.07) is 5.71. The maximum absolute atomic E-state index is 12.1. The van der Waals surface area contributed by atoms with Crippen LogP contribution in [-0.2, 0) is 20.9 Å². The number of nitrogens with one attached hydrogen (secondary N) is 1. The third kappa shape index (κ3) is 5.83. The van der Waals surface area contributed by atoms with Crippen LogP contribution in [0.4, 0.5) is 13.2 Å². The average molecular weight is 372 g/mol. The van der Waals surface area contributed by atoms with Crippen molar-refractivity contribution in [3.63, 3.8) is 0 Å². The summed E-state index contributed by atoms with van der Waals surface area (Å²) in [6.07, 6.45) is -3.97. The maximum Gasteiger partial charge on any atom is 0.411 e. The van der Waals surface area contributed by atoms with Gasteiger partial charge in [-0.25, -0.2) is 0 Å². The van der Waals surface area contributed by atoms with E-state index in [1.165, 1.54) is 24.0 Å². The molecule has 1 aliphatic heterocycles. The predicted octanol–water partition coefficient (Wildman–Crippen LogP) is 2.03. The molecule has 142 valence electrons. The van der Waals surface area contributed by atoms with Gasteiger partial charge in [0.25, 0.3) is 5.91 Å². The summed E-state index contributed by atoms with van der Waals surface area (Å²) in [6.45, 7) is 0.0624. The molecule has 0 aliphatic carbocycles.